The van der Waals surface area contributed by atoms with Crippen LogP contribution >= 0.6 is 0 Å². The average Bonchev–Trinajstić information content (AvgIpc) is 2.98. The third kappa shape index (κ3) is 27.8. The molecule has 0 saturated heterocycles. The number of carboxylic acids is 1. The van der Waals surface area contributed by atoms with Crippen LogP contribution in [-0.4, -0.2) is 75.5 Å². The molecule has 0 spiro atoms. The fourth-order valence-corrected chi connectivity index (χ4v) is 4.96. The van der Waals surface area contributed by atoms with E-state index in [1.807, 2.05) is 6.92 Å². The number of unbranched alkanes of at least 4 members (excludes halogenated alkanes) is 13. The second-order valence-corrected chi connectivity index (χ2v) is 13.1. The van der Waals surface area contributed by atoms with Gasteiger partial charge in [0.15, 0.2) is 6.10 Å². The van der Waals surface area contributed by atoms with Crippen LogP contribution in [0, 0.1) is 0 Å². The fraction of sp³-hybridized carbons (Fsp3) is 0.811. The molecular formula is C37H67NO7. The zero-order valence-corrected chi connectivity index (χ0v) is 29.5. The van der Waals surface area contributed by atoms with E-state index in [9.17, 15) is 19.5 Å². The third-order valence-corrected chi connectivity index (χ3v) is 7.84. The summed E-state index contributed by atoms with van der Waals surface area (Å²) < 4.78 is 16.8. The molecule has 0 aliphatic heterocycles. The number of likely N-dealkylation sites (N-methyl/N-ethyl adjacent to an activating group) is 1. The van der Waals surface area contributed by atoms with Crippen LogP contribution in [0.5, 0.6) is 0 Å². The predicted octanol–water partition coefficient (Wildman–Crippen LogP) is 7.24. The van der Waals surface area contributed by atoms with Crippen LogP contribution in [0.25, 0.3) is 0 Å². The molecule has 0 fully saturated rings. The summed E-state index contributed by atoms with van der Waals surface area (Å²) in [5.74, 6) is -1.79. The molecule has 0 aromatic carbocycles. The van der Waals surface area contributed by atoms with Crippen LogP contribution in [0.2, 0.25) is 0 Å². The number of carboxylic acid groups (broad SMARTS) is 1. The fourth-order valence-electron chi connectivity index (χ4n) is 4.96. The van der Waals surface area contributed by atoms with Crippen LogP contribution < -0.4 is 5.11 Å². The van der Waals surface area contributed by atoms with E-state index in [4.69, 9.17) is 14.2 Å². The Labute approximate surface area is 275 Å². The summed E-state index contributed by atoms with van der Waals surface area (Å²) in [6, 6.07) is -0.720. The molecule has 0 rings (SSSR count). The molecule has 0 aliphatic rings. The van der Waals surface area contributed by atoms with Gasteiger partial charge in [-0.25, -0.2) is 0 Å². The predicted molar refractivity (Wildman–Crippen MR) is 180 cm³/mol. The highest BCUT2D eigenvalue weighted by molar-refractivity contribution is 5.70. The summed E-state index contributed by atoms with van der Waals surface area (Å²) in [5, 5.41) is 11.5. The first-order valence-corrected chi connectivity index (χ1v) is 17.9. The maximum absolute atomic E-state index is 12.5. The number of ether oxygens (including phenoxy) is 3. The Morgan fingerprint density at radius 2 is 1.20 bits per heavy atom. The number of carbonyl (C=O) groups excluding carboxylic acids is 3. The minimum absolute atomic E-state index is 0.0382. The SMILES string of the molecule is CCCCC/C=C\C/C=C\CCCCCCCCCCCC(=O)OC(COCCC(C(=O)[O-])[N+](C)(C)C)COC(=O)CCCC. The van der Waals surface area contributed by atoms with Crippen molar-refractivity contribution in [3.63, 3.8) is 0 Å². The van der Waals surface area contributed by atoms with E-state index < -0.39 is 18.1 Å². The summed E-state index contributed by atoms with van der Waals surface area (Å²) in [4.78, 5) is 36.0. The van der Waals surface area contributed by atoms with Gasteiger partial charge in [-0.15, -0.1) is 0 Å². The Hall–Kier alpha value is -2.19. The quantitative estimate of drug-likeness (QED) is 0.0342. The monoisotopic (exact) mass is 637 g/mol. The Bertz CT molecular complexity index is 803. The summed E-state index contributed by atoms with van der Waals surface area (Å²) in [6.45, 7) is 4.37. The van der Waals surface area contributed by atoms with E-state index in [0.717, 1.165) is 38.5 Å². The minimum Gasteiger partial charge on any atom is -0.544 e. The van der Waals surface area contributed by atoms with E-state index in [2.05, 4.69) is 31.2 Å². The molecule has 0 radical (unpaired) electrons. The molecule has 0 bridgehead atoms. The lowest BCUT2D eigenvalue weighted by Gasteiger charge is -2.34. The van der Waals surface area contributed by atoms with E-state index in [1.165, 1.54) is 70.6 Å². The van der Waals surface area contributed by atoms with Crippen LogP contribution in [0.15, 0.2) is 24.3 Å². The minimum atomic E-state index is -1.13. The lowest BCUT2D eigenvalue weighted by molar-refractivity contribution is -0.889. The first kappa shape index (κ1) is 42.8. The van der Waals surface area contributed by atoms with Crippen molar-refractivity contribution in [3.05, 3.63) is 24.3 Å². The van der Waals surface area contributed by atoms with E-state index in [0.29, 0.717) is 12.8 Å². The Morgan fingerprint density at radius 1 is 0.667 bits per heavy atom. The van der Waals surface area contributed by atoms with Gasteiger partial charge >= 0.3 is 11.9 Å². The number of quaternary nitrogens is 1. The molecule has 2 atom stereocenters. The number of rotatable bonds is 31. The second-order valence-electron chi connectivity index (χ2n) is 13.1. The number of nitrogens with zero attached hydrogens (tertiary/aromatic N) is 1. The molecule has 8 nitrogen and oxygen atoms in total. The van der Waals surface area contributed by atoms with Crippen molar-refractivity contribution >= 4 is 17.9 Å². The van der Waals surface area contributed by atoms with E-state index in [1.54, 1.807) is 21.1 Å². The molecule has 0 aromatic heterocycles. The molecule has 262 valence electrons. The number of aliphatic carboxylic acids is 1. The van der Waals surface area contributed by atoms with Crippen LogP contribution in [-0.2, 0) is 28.6 Å². The molecular weight excluding hydrogens is 570 g/mol. The van der Waals surface area contributed by atoms with Gasteiger partial charge in [0.2, 0.25) is 0 Å². The third-order valence-electron chi connectivity index (χ3n) is 7.84. The summed E-state index contributed by atoms with van der Waals surface area (Å²) in [5.41, 5.74) is 0. The van der Waals surface area contributed by atoms with Crippen molar-refractivity contribution < 1.29 is 38.2 Å². The highest BCUT2D eigenvalue weighted by atomic mass is 16.6. The normalized spacial score (nSPS) is 13.4. The second kappa shape index (κ2) is 29.2. The van der Waals surface area contributed by atoms with Gasteiger partial charge in [0.05, 0.1) is 40.3 Å². The van der Waals surface area contributed by atoms with Gasteiger partial charge in [-0.2, -0.15) is 0 Å². The molecule has 0 heterocycles. The Kier molecular flexibility index (Phi) is 27.8. The van der Waals surface area contributed by atoms with Gasteiger partial charge in [0.1, 0.15) is 12.6 Å². The zero-order valence-electron chi connectivity index (χ0n) is 29.5. The average molecular weight is 638 g/mol. The number of carbonyl (C=O) groups is 3. The molecule has 45 heavy (non-hydrogen) atoms. The van der Waals surface area contributed by atoms with Gasteiger partial charge in [-0.3, -0.25) is 9.59 Å². The number of allylic oxidation sites excluding steroid dienone is 4. The van der Waals surface area contributed by atoms with E-state index in [-0.39, 0.29) is 42.7 Å². The van der Waals surface area contributed by atoms with Crippen molar-refractivity contribution in [1.82, 2.24) is 0 Å². The van der Waals surface area contributed by atoms with Gasteiger partial charge in [0, 0.05) is 19.3 Å². The molecule has 0 N–H and O–H groups in total. The molecule has 0 aliphatic carbocycles. The van der Waals surface area contributed by atoms with Crippen molar-refractivity contribution in [3.8, 4) is 0 Å². The number of hydrogen-bond acceptors (Lipinski definition) is 7. The smallest absolute Gasteiger partial charge is 0.306 e. The lowest BCUT2D eigenvalue weighted by atomic mass is 10.1. The molecule has 0 aromatic rings. The maximum Gasteiger partial charge on any atom is 0.306 e. The highest BCUT2D eigenvalue weighted by Gasteiger charge is 2.25. The Balaban J connectivity index is 4.11. The first-order chi connectivity index (χ1) is 21.6. The van der Waals surface area contributed by atoms with Gasteiger partial charge in [0.25, 0.3) is 0 Å². The lowest BCUT2D eigenvalue weighted by Crippen LogP contribution is -2.55. The number of esters is 2. The highest BCUT2D eigenvalue weighted by Crippen LogP contribution is 2.13. The van der Waals surface area contributed by atoms with E-state index >= 15 is 0 Å². The Morgan fingerprint density at radius 3 is 1.76 bits per heavy atom. The van der Waals surface area contributed by atoms with Gasteiger partial charge in [-0.1, -0.05) is 102 Å². The van der Waals surface area contributed by atoms with Gasteiger partial charge in [-0.05, 0) is 44.9 Å². The van der Waals surface area contributed by atoms with Gasteiger partial charge < -0.3 is 28.6 Å². The molecule has 0 amide bonds. The molecule has 2 unspecified atom stereocenters. The summed E-state index contributed by atoms with van der Waals surface area (Å²) >= 11 is 0. The standard InChI is InChI=1S/C37H67NO7/c1-6-8-10-11-12-13-14-15-16-17-18-19-20-21-22-23-24-25-26-28-36(40)45-33(32-44-35(39)27-9-7-2)31-43-30-29-34(37(41)42)38(3,4)5/h12-13,15-16,33-34H,6-11,14,17-32H2,1-5H3/b13-12-,16-15-. The first-order valence-electron chi connectivity index (χ1n) is 17.9. The summed E-state index contributed by atoms with van der Waals surface area (Å²) in [6.07, 6.45) is 28.7. The number of hydrogen-bond donors (Lipinski definition) is 0. The van der Waals surface area contributed by atoms with Crippen molar-refractivity contribution in [2.75, 3.05) is 41.0 Å². The van der Waals surface area contributed by atoms with Crippen LogP contribution in [0.4, 0.5) is 0 Å². The summed E-state index contributed by atoms with van der Waals surface area (Å²) in [7, 11) is 5.37. The van der Waals surface area contributed by atoms with Crippen LogP contribution in [0.3, 0.4) is 0 Å². The van der Waals surface area contributed by atoms with Crippen LogP contribution in [0.1, 0.15) is 142 Å². The zero-order chi connectivity index (χ0) is 33.6. The maximum atomic E-state index is 12.5. The van der Waals surface area contributed by atoms with Crippen molar-refractivity contribution in [2.45, 2.75) is 154 Å². The topological polar surface area (TPSA) is 102 Å². The van der Waals surface area contributed by atoms with Crippen molar-refractivity contribution in [1.29, 1.82) is 0 Å². The van der Waals surface area contributed by atoms with Crippen molar-refractivity contribution in [2.24, 2.45) is 0 Å². The molecule has 8 heteroatoms. The molecule has 0 saturated carbocycles. The largest absolute Gasteiger partial charge is 0.544 e.